The Kier molecular flexibility index (Phi) is 4.27. The van der Waals surface area contributed by atoms with Gasteiger partial charge in [-0.15, -0.1) is 12.3 Å². The third-order valence-corrected chi connectivity index (χ3v) is 3.68. The van der Waals surface area contributed by atoms with Gasteiger partial charge in [-0.3, -0.25) is 0 Å². The molecule has 1 unspecified atom stereocenters. The zero-order valence-corrected chi connectivity index (χ0v) is 10.4. The first-order valence-electron chi connectivity index (χ1n) is 4.98. The molecule has 1 atom stereocenters. The number of hydrogen-bond donors (Lipinski definition) is 2. The molecule has 1 aromatic carbocycles. The van der Waals surface area contributed by atoms with Crippen molar-refractivity contribution < 1.29 is 17.2 Å². The number of sulfonamides is 1. The molecule has 0 saturated carbocycles. The van der Waals surface area contributed by atoms with Crippen LogP contribution in [-0.2, 0) is 10.0 Å². The first-order chi connectivity index (χ1) is 8.27. The van der Waals surface area contributed by atoms with E-state index in [1.807, 2.05) is 0 Å². The summed E-state index contributed by atoms with van der Waals surface area (Å²) in [6.07, 6.45) is 5.16. The van der Waals surface area contributed by atoms with Crippen molar-refractivity contribution in [3.8, 4) is 12.3 Å². The lowest BCUT2D eigenvalue weighted by atomic mass is 10.3. The van der Waals surface area contributed by atoms with E-state index in [9.17, 15) is 17.2 Å². The van der Waals surface area contributed by atoms with Gasteiger partial charge in [-0.25, -0.2) is 21.9 Å². The third-order valence-electron chi connectivity index (χ3n) is 2.09. The average molecular weight is 274 g/mol. The van der Waals surface area contributed by atoms with E-state index >= 15 is 0 Å². The summed E-state index contributed by atoms with van der Waals surface area (Å²) in [6, 6.07) is 0.964. The summed E-state index contributed by atoms with van der Waals surface area (Å²) in [6.45, 7) is 1.51. The van der Waals surface area contributed by atoms with Crippen LogP contribution >= 0.6 is 0 Å². The van der Waals surface area contributed by atoms with Crippen LogP contribution in [0.3, 0.4) is 0 Å². The number of anilines is 1. The second-order valence-electron chi connectivity index (χ2n) is 3.75. The highest BCUT2D eigenvalue weighted by Gasteiger charge is 2.24. The molecule has 0 saturated heterocycles. The second-order valence-corrected chi connectivity index (χ2v) is 5.43. The van der Waals surface area contributed by atoms with E-state index in [0.717, 1.165) is 6.07 Å². The fourth-order valence-corrected chi connectivity index (χ4v) is 2.69. The van der Waals surface area contributed by atoms with E-state index in [1.165, 1.54) is 6.92 Å². The number of rotatable bonds is 4. The van der Waals surface area contributed by atoms with Crippen molar-refractivity contribution in [3.63, 3.8) is 0 Å². The fourth-order valence-electron chi connectivity index (χ4n) is 1.33. The van der Waals surface area contributed by atoms with Gasteiger partial charge < -0.3 is 5.73 Å². The highest BCUT2D eigenvalue weighted by atomic mass is 32.2. The van der Waals surface area contributed by atoms with E-state index in [0.29, 0.717) is 6.07 Å². The van der Waals surface area contributed by atoms with Crippen LogP contribution in [0.4, 0.5) is 14.5 Å². The maximum atomic E-state index is 13.4. The molecule has 3 N–H and O–H groups in total. The van der Waals surface area contributed by atoms with Crippen LogP contribution in [0.25, 0.3) is 0 Å². The molecule has 0 heterocycles. The molecule has 0 spiro atoms. The number of nitrogens with one attached hydrogen (secondary N) is 1. The minimum Gasteiger partial charge on any atom is -0.399 e. The van der Waals surface area contributed by atoms with Crippen molar-refractivity contribution in [3.05, 3.63) is 23.8 Å². The topological polar surface area (TPSA) is 72.2 Å². The quantitative estimate of drug-likeness (QED) is 0.641. The molecule has 0 bridgehead atoms. The Morgan fingerprint density at radius 1 is 1.50 bits per heavy atom. The highest BCUT2D eigenvalue weighted by molar-refractivity contribution is 7.89. The van der Waals surface area contributed by atoms with Crippen molar-refractivity contribution in [2.45, 2.75) is 24.3 Å². The van der Waals surface area contributed by atoms with E-state index in [4.69, 9.17) is 12.2 Å². The van der Waals surface area contributed by atoms with Gasteiger partial charge in [-0.05, 0) is 19.1 Å². The summed E-state index contributed by atoms with van der Waals surface area (Å²) in [4.78, 5) is -0.830. The molecule has 98 valence electrons. The minimum absolute atomic E-state index is 0.131. The number of benzene rings is 1. The summed E-state index contributed by atoms with van der Waals surface area (Å²) >= 11 is 0. The SMILES string of the molecule is C#CCC(C)NS(=O)(=O)c1cc(N)cc(F)c1F. The zero-order valence-electron chi connectivity index (χ0n) is 9.57. The van der Waals surface area contributed by atoms with Crippen molar-refractivity contribution >= 4 is 15.7 Å². The fraction of sp³-hybridized carbons (Fsp3) is 0.273. The van der Waals surface area contributed by atoms with Gasteiger partial charge in [0.15, 0.2) is 11.6 Å². The lowest BCUT2D eigenvalue weighted by Gasteiger charge is -2.12. The van der Waals surface area contributed by atoms with Gasteiger partial charge in [-0.2, -0.15) is 0 Å². The molecule has 0 aliphatic heterocycles. The van der Waals surface area contributed by atoms with Crippen LogP contribution < -0.4 is 10.5 Å². The average Bonchev–Trinajstić information content (AvgIpc) is 2.22. The Bertz CT molecular complexity index is 594. The van der Waals surface area contributed by atoms with Gasteiger partial charge in [0.2, 0.25) is 10.0 Å². The van der Waals surface area contributed by atoms with Gasteiger partial charge >= 0.3 is 0 Å². The minimum atomic E-state index is -4.20. The lowest BCUT2D eigenvalue weighted by Crippen LogP contribution is -2.33. The molecule has 1 aromatic rings. The van der Waals surface area contributed by atoms with Gasteiger partial charge in [0.05, 0.1) is 0 Å². The second kappa shape index (κ2) is 5.33. The molecular weight excluding hydrogens is 262 g/mol. The van der Waals surface area contributed by atoms with Crippen molar-refractivity contribution in [1.29, 1.82) is 0 Å². The summed E-state index contributed by atoms with van der Waals surface area (Å²) in [5, 5.41) is 0. The Morgan fingerprint density at radius 3 is 2.67 bits per heavy atom. The van der Waals surface area contributed by atoms with Crippen LogP contribution in [0.5, 0.6) is 0 Å². The largest absolute Gasteiger partial charge is 0.399 e. The number of nitrogens with two attached hydrogens (primary N) is 1. The molecule has 0 radical (unpaired) electrons. The zero-order chi connectivity index (χ0) is 13.9. The molecule has 0 amide bonds. The third kappa shape index (κ3) is 3.18. The summed E-state index contributed by atoms with van der Waals surface area (Å²) in [5.74, 6) is -0.528. The number of halogens is 2. The lowest BCUT2D eigenvalue weighted by molar-refractivity contribution is 0.482. The smallest absolute Gasteiger partial charge is 0.243 e. The molecule has 0 aliphatic carbocycles. The maximum absolute atomic E-state index is 13.4. The summed E-state index contributed by atoms with van der Waals surface area (Å²) < 4.78 is 52.2. The molecule has 1 rings (SSSR count). The number of nitrogen functional groups attached to an aromatic ring is 1. The Labute approximate surface area is 104 Å². The predicted molar refractivity (Wildman–Crippen MR) is 64.0 cm³/mol. The Morgan fingerprint density at radius 2 is 2.11 bits per heavy atom. The van der Waals surface area contributed by atoms with E-state index in [2.05, 4.69) is 10.6 Å². The highest BCUT2D eigenvalue weighted by Crippen LogP contribution is 2.21. The standard InChI is InChI=1S/C11H12F2N2O2S/c1-3-4-7(2)15-18(16,17)10-6-8(14)5-9(12)11(10)13/h1,5-7,15H,4,14H2,2H3. The first-order valence-corrected chi connectivity index (χ1v) is 6.46. The number of hydrogen-bond acceptors (Lipinski definition) is 3. The molecule has 0 fully saturated rings. The Balaban J connectivity index is 3.18. The van der Waals surface area contributed by atoms with E-state index in [-0.39, 0.29) is 12.1 Å². The van der Waals surface area contributed by atoms with Crippen LogP contribution in [-0.4, -0.2) is 14.5 Å². The van der Waals surface area contributed by atoms with Crippen molar-refractivity contribution in [1.82, 2.24) is 4.72 Å². The molecule has 0 aliphatic rings. The van der Waals surface area contributed by atoms with Gasteiger partial charge in [0.25, 0.3) is 0 Å². The van der Waals surface area contributed by atoms with Crippen LogP contribution in [0.15, 0.2) is 17.0 Å². The van der Waals surface area contributed by atoms with Gasteiger partial charge in [0, 0.05) is 18.2 Å². The molecule has 7 heteroatoms. The Hall–Kier alpha value is -1.65. The van der Waals surface area contributed by atoms with Crippen molar-refractivity contribution in [2.75, 3.05) is 5.73 Å². The van der Waals surface area contributed by atoms with E-state index in [1.54, 1.807) is 0 Å². The van der Waals surface area contributed by atoms with Crippen LogP contribution in [0, 0.1) is 24.0 Å². The van der Waals surface area contributed by atoms with Gasteiger partial charge in [-0.1, -0.05) is 0 Å². The predicted octanol–water partition coefficient (Wildman–Crippen LogP) is 1.24. The van der Waals surface area contributed by atoms with Crippen molar-refractivity contribution in [2.24, 2.45) is 0 Å². The molecule has 0 aromatic heterocycles. The van der Waals surface area contributed by atoms with Crippen LogP contribution in [0.2, 0.25) is 0 Å². The summed E-state index contributed by atoms with van der Waals surface area (Å²) in [7, 11) is -4.20. The first kappa shape index (κ1) is 14.4. The summed E-state index contributed by atoms with van der Waals surface area (Å²) in [5.41, 5.74) is 5.10. The van der Waals surface area contributed by atoms with Gasteiger partial charge in [0.1, 0.15) is 4.90 Å². The molecule has 18 heavy (non-hydrogen) atoms. The normalized spacial score (nSPS) is 13.0. The molecule has 4 nitrogen and oxygen atoms in total. The maximum Gasteiger partial charge on any atom is 0.243 e. The monoisotopic (exact) mass is 274 g/mol. The van der Waals surface area contributed by atoms with E-state index < -0.39 is 32.6 Å². The number of terminal acetylenes is 1. The van der Waals surface area contributed by atoms with Crippen LogP contribution in [0.1, 0.15) is 13.3 Å². The molecular formula is C11H12F2N2O2S.